The third-order valence-corrected chi connectivity index (χ3v) is 5.90. The first-order valence-corrected chi connectivity index (χ1v) is 8.32. The van der Waals surface area contributed by atoms with Crippen LogP contribution < -0.4 is 10.1 Å². The van der Waals surface area contributed by atoms with Crippen LogP contribution >= 0.6 is 11.6 Å². The van der Waals surface area contributed by atoms with Gasteiger partial charge in [-0.15, -0.1) is 0 Å². The second-order valence-electron chi connectivity index (χ2n) is 4.79. The predicted molar refractivity (Wildman–Crippen MR) is 78.8 cm³/mol. The van der Waals surface area contributed by atoms with Crippen molar-refractivity contribution in [1.82, 2.24) is 9.62 Å². The van der Waals surface area contributed by atoms with Crippen LogP contribution in [0, 0.1) is 0 Å². The average Bonchev–Trinajstić information content (AvgIpc) is 2.47. The molecule has 1 aliphatic rings. The summed E-state index contributed by atoms with van der Waals surface area (Å²) < 4.78 is 32.0. The molecule has 1 aromatic rings. The first-order valence-electron chi connectivity index (χ1n) is 6.50. The molecule has 0 aliphatic carbocycles. The van der Waals surface area contributed by atoms with Gasteiger partial charge < -0.3 is 10.1 Å². The van der Waals surface area contributed by atoms with Crippen LogP contribution in [-0.2, 0) is 10.0 Å². The van der Waals surface area contributed by atoms with Gasteiger partial charge in [0, 0.05) is 25.2 Å². The number of sulfonamides is 1. The summed E-state index contributed by atoms with van der Waals surface area (Å²) in [5.74, 6) is 0.482. The fraction of sp³-hybridized carbons (Fsp3) is 0.538. The molecule has 7 heteroatoms. The Morgan fingerprint density at radius 2 is 2.20 bits per heavy atom. The summed E-state index contributed by atoms with van der Waals surface area (Å²) in [6.45, 7) is 0.987. The number of benzene rings is 1. The van der Waals surface area contributed by atoms with Crippen molar-refractivity contribution in [3.05, 3.63) is 23.2 Å². The van der Waals surface area contributed by atoms with E-state index >= 15 is 0 Å². The molecular weight excluding hydrogens is 300 g/mol. The van der Waals surface area contributed by atoms with E-state index in [2.05, 4.69) is 5.32 Å². The van der Waals surface area contributed by atoms with Crippen LogP contribution in [0.5, 0.6) is 5.75 Å². The Morgan fingerprint density at radius 3 is 2.85 bits per heavy atom. The number of ether oxygens (including phenoxy) is 1. The Bertz CT molecular complexity index is 577. The van der Waals surface area contributed by atoms with Crippen molar-refractivity contribution < 1.29 is 13.2 Å². The first-order chi connectivity index (χ1) is 9.48. The Hall–Kier alpha value is -0.820. The second kappa shape index (κ2) is 6.30. The standard InChI is InChI=1S/C13H19ClN2O3S/c1-15-10-4-3-7-16(9-10)20(17,18)13-8-11(19-2)5-6-12(13)14/h5-6,8,10,15H,3-4,7,9H2,1-2H3. The molecule has 1 N–H and O–H groups in total. The molecule has 1 aromatic carbocycles. The molecule has 1 aliphatic heterocycles. The minimum atomic E-state index is -3.59. The van der Waals surface area contributed by atoms with Gasteiger partial charge in [-0.2, -0.15) is 4.31 Å². The van der Waals surface area contributed by atoms with Crippen molar-refractivity contribution in [2.75, 3.05) is 27.2 Å². The molecule has 1 atom stereocenters. The van der Waals surface area contributed by atoms with E-state index in [1.807, 2.05) is 7.05 Å². The lowest BCUT2D eigenvalue weighted by Gasteiger charge is -2.31. The SMILES string of the molecule is CNC1CCCN(S(=O)(=O)c2cc(OC)ccc2Cl)C1. The van der Waals surface area contributed by atoms with Crippen LogP contribution in [0.25, 0.3) is 0 Å². The summed E-state index contributed by atoms with van der Waals surface area (Å²) in [7, 11) is -0.243. The summed E-state index contributed by atoms with van der Waals surface area (Å²) >= 11 is 6.05. The quantitative estimate of drug-likeness (QED) is 0.918. The molecule has 0 radical (unpaired) electrons. The van der Waals surface area contributed by atoms with Gasteiger partial charge in [0.25, 0.3) is 0 Å². The molecule has 0 spiro atoms. The van der Waals surface area contributed by atoms with E-state index in [4.69, 9.17) is 16.3 Å². The minimum Gasteiger partial charge on any atom is -0.497 e. The predicted octanol–water partition coefficient (Wildman–Crippen LogP) is 1.72. The zero-order valence-corrected chi connectivity index (χ0v) is 13.2. The summed E-state index contributed by atoms with van der Waals surface area (Å²) in [4.78, 5) is 0.107. The number of halogens is 1. The smallest absolute Gasteiger partial charge is 0.244 e. The van der Waals surface area contributed by atoms with Gasteiger partial charge >= 0.3 is 0 Å². The Labute approximate surface area is 124 Å². The maximum absolute atomic E-state index is 12.7. The lowest BCUT2D eigenvalue weighted by atomic mass is 10.1. The second-order valence-corrected chi connectivity index (χ2v) is 7.10. The lowest BCUT2D eigenvalue weighted by molar-refractivity contribution is 0.292. The molecule has 112 valence electrons. The van der Waals surface area contributed by atoms with Gasteiger partial charge in [0.1, 0.15) is 10.6 Å². The number of hydrogen-bond acceptors (Lipinski definition) is 4. The van der Waals surface area contributed by atoms with Crippen molar-refractivity contribution in [3.8, 4) is 5.75 Å². The van der Waals surface area contributed by atoms with E-state index in [1.165, 1.54) is 17.5 Å². The van der Waals surface area contributed by atoms with Gasteiger partial charge in [-0.05, 0) is 32.0 Å². The number of hydrogen-bond donors (Lipinski definition) is 1. The van der Waals surface area contributed by atoms with Gasteiger partial charge in [-0.25, -0.2) is 8.42 Å². The monoisotopic (exact) mass is 318 g/mol. The van der Waals surface area contributed by atoms with Crippen LogP contribution in [0.1, 0.15) is 12.8 Å². The van der Waals surface area contributed by atoms with Gasteiger partial charge in [0.2, 0.25) is 10.0 Å². The van der Waals surface area contributed by atoms with Crippen LogP contribution in [0.2, 0.25) is 5.02 Å². The van der Waals surface area contributed by atoms with Crippen LogP contribution in [-0.4, -0.2) is 46.0 Å². The normalized spacial score (nSPS) is 20.9. The molecule has 0 saturated carbocycles. The largest absolute Gasteiger partial charge is 0.497 e. The highest BCUT2D eigenvalue weighted by atomic mass is 35.5. The molecule has 1 unspecified atom stereocenters. The van der Waals surface area contributed by atoms with E-state index in [0.717, 1.165) is 12.8 Å². The average molecular weight is 319 g/mol. The third-order valence-electron chi connectivity index (χ3n) is 3.55. The third kappa shape index (κ3) is 3.09. The van der Waals surface area contributed by atoms with Crippen LogP contribution in [0.4, 0.5) is 0 Å². The molecule has 1 saturated heterocycles. The van der Waals surface area contributed by atoms with Crippen molar-refractivity contribution >= 4 is 21.6 Å². The van der Waals surface area contributed by atoms with Gasteiger partial charge in [-0.1, -0.05) is 11.6 Å². The zero-order chi connectivity index (χ0) is 14.8. The van der Waals surface area contributed by atoms with Crippen molar-refractivity contribution in [2.45, 2.75) is 23.8 Å². The number of piperidine rings is 1. The van der Waals surface area contributed by atoms with E-state index in [9.17, 15) is 8.42 Å². The number of likely N-dealkylation sites (N-methyl/N-ethyl adjacent to an activating group) is 1. The van der Waals surface area contributed by atoms with Gasteiger partial charge in [0.15, 0.2) is 0 Å². The maximum atomic E-state index is 12.7. The van der Waals surface area contributed by atoms with Crippen molar-refractivity contribution in [2.24, 2.45) is 0 Å². The highest BCUT2D eigenvalue weighted by Crippen LogP contribution is 2.30. The number of nitrogens with zero attached hydrogens (tertiary/aromatic N) is 1. The molecule has 0 amide bonds. The molecule has 2 rings (SSSR count). The molecule has 1 fully saturated rings. The fourth-order valence-electron chi connectivity index (χ4n) is 2.34. The molecular formula is C13H19ClN2O3S. The Kier molecular flexibility index (Phi) is 4.90. The van der Waals surface area contributed by atoms with E-state index < -0.39 is 10.0 Å². The van der Waals surface area contributed by atoms with Gasteiger partial charge in [0.05, 0.1) is 12.1 Å². The first kappa shape index (κ1) is 15.6. The summed E-state index contributed by atoms with van der Waals surface area (Å²) in [5, 5.41) is 3.35. The maximum Gasteiger partial charge on any atom is 0.244 e. The Balaban J connectivity index is 2.34. The summed E-state index contributed by atoms with van der Waals surface area (Å²) in [6.07, 6.45) is 1.82. The van der Waals surface area contributed by atoms with Crippen molar-refractivity contribution in [1.29, 1.82) is 0 Å². The van der Waals surface area contributed by atoms with E-state index in [-0.39, 0.29) is 16.0 Å². The zero-order valence-electron chi connectivity index (χ0n) is 11.6. The molecule has 20 heavy (non-hydrogen) atoms. The Morgan fingerprint density at radius 1 is 1.45 bits per heavy atom. The highest BCUT2D eigenvalue weighted by molar-refractivity contribution is 7.89. The molecule has 0 bridgehead atoms. The number of methoxy groups -OCH3 is 1. The number of rotatable bonds is 4. The minimum absolute atomic E-state index is 0.107. The number of nitrogens with one attached hydrogen (secondary N) is 1. The van der Waals surface area contributed by atoms with Crippen molar-refractivity contribution in [3.63, 3.8) is 0 Å². The summed E-state index contributed by atoms with van der Waals surface area (Å²) in [6, 6.07) is 4.85. The van der Waals surface area contributed by atoms with E-state index in [1.54, 1.807) is 12.1 Å². The van der Waals surface area contributed by atoms with Crippen LogP contribution in [0.15, 0.2) is 23.1 Å². The highest BCUT2D eigenvalue weighted by Gasteiger charge is 2.31. The molecule has 1 heterocycles. The lowest BCUT2D eigenvalue weighted by Crippen LogP contribution is -2.46. The topological polar surface area (TPSA) is 58.6 Å². The van der Waals surface area contributed by atoms with Gasteiger partial charge in [-0.3, -0.25) is 0 Å². The molecule has 5 nitrogen and oxygen atoms in total. The van der Waals surface area contributed by atoms with Crippen LogP contribution in [0.3, 0.4) is 0 Å². The van der Waals surface area contributed by atoms with E-state index in [0.29, 0.717) is 18.8 Å². The summed E-state index contributed by atoms with van der Waals surface area (Å²) in [5.41, 5.74) is 0. The molecule has 0 aromatic heterocycles. The fourth-order valence-corrected chi connectivity index (χ4v) is 4.36.